The lowest BCUT2D eigenvalue weighted by Crippen LogP contribution is -2.33. The molecule has 2 aliphatic rings. The Morgan fingerprint density at radius 2 is 1.38 bits per heavy atom. The molecule has 58 heavy (non-hydrogen) atoms. The van der Waals surface area contributed by atoms with Crippen LogP contribution in [-0.4, -0.2) is 123 Å². The molecule has 7 rings (SSSR count). The smallest absolute Gasteiger partial charge is 0.390 e. The van der Waals surface area contributed by atoms with Gasteiger partial charge in [-0.1, -0.05) is 23.4 Å². The van der Waals surface area contributed by atoms with Gasteiger partial charge in [-0.05, 0) is 12.1 Å². The number of aliphatic hydroxyl groups excluding tert-OH is 3. The summed E-state index contributed by atoms with van der Waals surface area (Å²) in [6.07, 6.45) is -6.84. The fourth-order valence-corrected chi connectivity index (χ4v) is 10.6. The Morgan fingerprint density at radius 3 is 2.07 bits per heavy atom. The lowest BCUT2D eigenvalue weighted by atomic mass is 10.1. The summed E-state index contributed by atoms with van der Waals surface area (Å²) in [5, 5.41) is 42.7. The molecule has 6 heterocycles. The molecular weight excluding hydrogens is 866 g/mol. The zero-order valence-electron chi connectivity index (χ0n) is 28.8. The molecular formula is C25H31N11O18P4. The van der Waals surface area contributed by atoms with Gasteiger partial charge in [-0.3, -0.25) is 13.6 Å². The Balaban J connectivity index is 0.910. The van der Waals surface area contributed by atoms with Crippen molar-refractivity contribution in [2.45, 2.75) is 49.4 Å². The Hall–Kier alpha value is -3.79. The maximum absolute atomic E-state index is 12.5. The second kappa shape index (κ2) is 16.3. The van der Waals surface area contributed by atoms with Crippen molar-refractivity contribution < 1.29 is 84.6 Å². The van der Waals surface area contributed by atoms with Crippen molar-refractivity contribution in [3.63, 3.8) is 0 Å². The van der Waals surface area contributed by atoms with E-state index in [4.69, 9.17) is 15.2 Å². The highest BCUT2D eigenvalue weighted by molar-refractivity contribution is 7.69. The number of phosphoric acid groups is 4. The molecule has 0 radical (unpaired) electrons. The number of nitrogens with zero attached hydrogens (tertiary/aromatic N) is 9. The van der Waals surface area contributed by atoms with Crippen LogP contribution in [-0.2, 0) is 49.7 Å². The van der Waals surface area contributed by atoms with Crippen molar-refractivity contribution in [3.8, 4) is 0 Å². The van der Waals surface area contributed by atoms with Gasteiger partial charge >= 0.3 is 31.3 Å². The quantitative estimate of drug-likeness (QED) is 0.0595. The third kappa shape index (κ3) is 9.48. The van der Waals surface area contributed by atoms with Gasteiger partial charge in [0.1, 0.15) is 48.8 Å². The van der Waals surface area contributed by atoms with Crippen molar-refractivity contribution >= 4 is 70.9 Å². The topological polar surface area (TPSA) is 413 Å². The van der Waals surface area contributed by atoms with Crippen molar-refractivity contribution in [1.82, 2.24) is 44.5 Å². The number of hydrogen-bond donors (Lipinski definition) is 9. The second-order valence-electron chi connectivity index (χ2n) is 12.2. The summed E-state index contributed by atoms with van der Waals surface area (Å²) in [5.41, 5.74) is 7.06. The standard InChI is InChI=1S/C25H31N11O18P4/c26-21-17-23(29-9-27-21)35(11-31-17)16-6-13(37)14(50-16)7-48-55(40,41)52-57(44,45)54-58(46,47)53-56(42,43)49-8-15-19(38)20(39)25(51-15)36-24-18(33-34-36)22(28-10-30-24)32-12-4-2-1-3-5-12/h1-5,9-11,13-16,19-20,25,37-39H,6-8H2,(H,40,41)(H,42,43)(H,44,45)(H,46,47)(H2,26,27,29)(H,28,30,32)/t13-,14+,15+,16+,19+,20+,25+/m0/s1. The molecule has 0 saturated carbocycles. The van der Waals surface area contributed by atoms with Crippen LogP contribution < -0.4 is 11.1 Å². The largest absolute Gasteiger partial charge is 0.490 e. The number of nitrogens with two attached hydrogens (primary N) is 1. The van der Waals surface area contributed by atoms with Crippen molar-refractivity contribution in [1.29, 1.82) is 0 Å². The Kier molecular flexibility index (Phi) is 11.9. The van der Waals surface area contributed by atoms with E-state index >= 15 is 0 Å². The van der Waals surface area contributed by atoms with Gasteiger partial charge in [-0.2, -0.15) is 17.6 Å². The number of imidazole rings is 1. The first-order valence-corrected chi connectivity index (χ1v) is 22.2. The number of nitrogens with one attached hydrogen (secondary N) is 1. The van der Waals surface area contributed by atoms with E-state index in [9.17, 15) is 53.2 Å². The molecule has 4 aromatic heterocycles. The molecule has 29 nitrogen and oxygen atoms in total. The lowest BCUT2D eigenvalue weighted by Gasteiger charge is -2.21. The number of benzene rings is 1. The maximum Gasteiger partial charge on any atom is 0.490 e. The molecule has 2 aliphatic heterocycles. The van der Waals surface area contributed by atoms with Crippen LogP contribution >= 0.6 is 31.3 Å². The van der Waals surface area contributed by atoms with Crippen LogP contribution in [0.5, 0.6) is 0 Å². The lowest BCUT2D eigenvalue weighted by molar-refractivity contribution is -0.0566. The van der Waals surface area contributed by atoms with E-state index < -0.39 is 87.5 Å². The molecule has 2 fully saturated rings. The zero-order chi connectivity index (χ0) is 41.6. The summed E-state index contributed by atoms with van der Waals surface area (Å²) < 4.78 is 84.5. The highest BCUT2D eigenvalue weighted by atomic mass is 31.3. The maximum atomic E-state index is 12.5. The Morgan fingerprint density at radius 1 is 0.759 bits per heavy atom. The molecule has 1 aromatic carbocycles. The van der Waals surface area contributed by atoms with Gasteiger partial charge in [0.25, 0.3) is 0 Å². The molecule has 4 unspecified atom stereocenters. The number of para-hydroxylation sites is 1. The average Bonchev–Trinajstić information content (AvgIpc) is 3.91. The van der Waals surface area contributed by atoms with E-state index in [1.807, 2.05) is 0 Å². The average molecular weight is 897 g/mol. The van der Waals surface area contributed by atoms with Gasteiger partial charge in [0.15, 0.2) is 34.7 Å². The number of fused-ring (bicyclic) bond motifs is 2. The van der Waals surface area contributed by atoms with Crippen molar-refractivity contribution in [2.75, 3.05) is 24.3 Å². The van der Waals surface area contributed by atoms with E-state index in [0.717, 1.165) is 17.3 Å². The van der Waals surface area contributed by atoms with Gasteiger partial charge in [0.2, 0.25) is 0 Å². The van der Waals surface area contributed by atoms with E-state index in [0.29, 0.717) is 5.69 Å². The fourth-order valence-electron chi connectivity index (χ4n) is 5.67. The summed E-state index contributed by atoms with van der Waals surface area (Å²) in [7, 11) is -23.8. The Bertz CT molecular complexity index is 2480. The molecule has 2 saturated heterocycles. The van der Waals surface area contributed by atoms with Gasteiger partial charge in [-0.15, -0.1) is 5.10 Å². The summed E-state index contributed by atoms with van der Waals surface area (Å²) >= 11 is 0. The first kappa shape index (κ1) is 42.3. The minimum Gasteiger partial charge on any atom is -0.390 e. The van der Waals surface area contributed by atoms with Gasteiger partial charge in [0.05, 0.1) is 25.6 Å². The molecule has 10 N–H and O–H groups in total. The SMILES string of the molecule is Nc1ncnc2c1ncn2[C@H]1C[C@H](O)[C@@H](COP(=O)(O)OP(=O)(O)OP(=O)(O)OP(=O)(O)OC[C@H]2O[C@@H](n3nnc4c(Nc5ccccc5)ncnc43)[C@H](O)[C@@H]2O)O1. The minimum atomic E-state index is -6.18. The zero-order valence-corrected chi connectivity index (χ0v) is 32.4. The molecule has 5 aromatic rings. The summed E-state index contributed by atoms with van der Waals surface area (Å²) in [6.45, 7) is -2.06. The number of hydrogen-bond acceptors (Lipinski definition) is 23. The Labute approximate surface area is 322 Å². The molecule has 0 spiro atoms. The fraction of sp³-hybridized carbons (Fsp3) is 0.400. The highest BCUT2D eigenvalue weighted by Gasteiger charge is 2.49. The molecule has 0 bridgehead atoms. The normalized spacial score (nSPS) is 27.9. The third-order valence-electron chi connectivity index (χ3n) is 8.20. The molecule has 314 valence electrons. The van der Waals surface area contributed by atoms with Gasteiger partial charge in [-0.25, -0.2) is 43.2 Å². The van der Waals surface area contributed by atoms with E-state index in [2.05, 4.69) is 62.5 Å². The number of phosphoric ester groups is 2. The van der Waals surface area contributed by atoms with Crippen LogP contribution in [0, 0.1) is 0 Å². The molecule has 11 atom stereocenters. The number of rotatable bonds is 16. The predicted molar refractivity (Wildman–Crippen MR) is 187 cm³/mol. The first-order valence-electron chi connectivity index (χ1n) is 16.2. The monoisotopic (exact) mass is 897 g/mol. The van der Waals surface area contributed by atoms with Crippen molar-refractivity contribution in [2.24, 2.45) is 0 Å². The second-order valence-corrected chi connectivity index (χ2v) is 18.4. The number of ether oxygens (including phenoxy) is 2. The predicted octanol–water partition coefficient (Wildman–Crippen LogP) is 0.139. The van der Waals surface area contributed by atoms with Crippen molar-refractivity contribution in [3.05, 3.63) is 49.3 Å². The molecule has 33 heteroatoms. The van der Waals surface area contributed by atoms with E-state index in [1.165, 1.54) is 10.9 Å². The van der Waals surface area contributed by atoms with Crippen LogP contribution in [0.25, 0.3) is 22.3 Å². The summed E-state index contributed by atoms with van der Waals surface area (Å²) in [6, 6.07) is 8.86. The first-order chi connectivity index (χ1) is 27.3. The summed E-state index contributed by atoms with van der Waals surface area (Å²) in [5.74, 6) is 0.297. The van der Waals surface area contributed by atoms with Crippen LogP contribution in [0.4, 0.5) is 17.3 Å². The van der Waals surface area contributed by atoms with Crippen LogP contribution in [0.15, 0.2) is 49.3 Å². The van der Waals surface area contributed by atoms with E-state index in [1.54, 1.807) is 30.3 Å². The highest BCUT2D eigenvalue weighted by Crippen LogP contribution is 2.71. The van der Waals surface area contributed by atoms with Crippen LogP contribution in [0.1, 0.15) is 18.9 Å². The number of anilines is 3. The number of nitrogen functional groups attached to an aromatic ring is 1. The molecule has 0 amide bonds. The number of aliphatic hydroxyl groups is 3. The van der Waals surface area contributed by atoms with Gasteiger partial charge < -0.3 is 55.4 Å². The third-order valence-corrected chi connectivity index (χ3v) is 14.1. The molecule has 0 aliphatic carbocycles. The van der Waals surface area contributed by atoms with Crippen LogP contribution in [0.3, 0.4) is 0 Å². The van der Waals surface area contributed by atoms with E-state index in [-0.39, 0.29) is 40.4 Å². The van der Waals surface area contributed by atoms with Crippen LogP contribution in [0.2, 0.25) is 0 Å². The van der Waals surface area contributed by atoms with Gasteiger partial charge in [0, 0.05) is 12.1 Å². The summed E-state index contributed by atoms with van der Waals surface area (Å²) in [4.78, 5) is 60.1. The number of aromatic nitrogens is 9. The minimum absolute atomic E-state index is 0.0361.